The van der Waals surface area contributed by atoms with Crippen LogP contribution in [0.5, 0.6) is 0 Å². The van der Waals surface area contributed by atoms with Crippen LogP contribution in [0, 0.1) is 0 Å². The van der Waals surface area contributed by atoms with Crippen LogP contribution in [0.2, 0.25) is 0 Å². The lowest BCUT2D eigenvalue weighted by Crippen LogP contribution is -2.61. The van der Waals surface area contributed by atoms with E-state index in [1.165, 1.54) is 19.3 Å². The van der Waals surface area contributed by atoms with Crippen molar-refractivity contribution in [2.45, 2.75) is 44.2 Å². The largest absolute Gasteiger partial charge is 0.300 e. The maximum absolute atomic E-state index is 11.3. The van der Waals surface area contributed by atoms with Crippen molar-refractivity contribution in [3.63, 3.8) is 0 Å². The minimum atomic E-state index is 0.477. The number of nitrogens with zero attached hydrogens (tertiary/aromatic N) is 1. The Hall–Kier alpha value is -0.890. The van der Waals surface area contributed by atoms with Crippen molar-refractivity contribution >= 4 is 5.78 Å². The van der Waals surface area contributed by atoms with Gasteiger partial charge in [-0.3, -0.25) is 9.69 Å². The molecule has 2 aliphatic heterocycles. The molecule has 2 aliphatic carbocycles. The Kier molecular flexibility index (Phi) is 2.24. The van der Waals surface area contributed by atoms with Crippen LogP contribution in [0.25, 0.3) is 0 Å². The molecule has 3 fully saturated rings. The average molecular weight is 203 g/mol. The maximum Gasteiger partial charge on any atom is 0.136 e. The minimum absolute atomic E-state index is 0.477. The van der Waals surface area contributed by atoms with E-state index in [9.17, 15) is 4.79 Å². The fourth-order valence-electron chi connectivity index (χ4n) is 3.03. The predicted molar refractivity (Wildman–Crippen MR) is 59.6 cm³/mol. The third-order valence-electron chi connectivity index (χ3n) is 3.89. The highest BCUT2D eigenvalue weighted by Crippen LogP contribution is 2.37. The molecule has 4 aliphatic rings. The van der Waals surface area contributed by atoms with E-state index in [-0.39, 0.29) is 0 Å². The quantitative estimate of drug-likeness (QED) is 0.684. The monoisotopic (exact) mass is 203 g/mol. The Bertz CT molecular complexity index is 328. The highest BCUT2D eigenvalue weighted by molar-refractivity contribution is 5.81. The van der Waals surface area contributed by atoms with Crippen LogP contribution in [0.15, 0.2) is 23.8 Å². The predicted octanol–water partition coefficient (Wildman–Crippen LogP) is 2.07. The molecule has 2 heteroatoms. The van der Waals surface area contributed by atoms with Gasteiger partial charge in [-0.25, -0.2) is 0 Å². The summed E-state index contributed by atoms with van der Waals surface area (Å²) in [6.07, 6.45) is 11.9. The van der Waals surface area contributed by atoms with E-state index in [4.69, 9.17) is 0 Å². The molecule has 2 unspecified atom stereocenters. The van der Waals surface area contributed by atoms with E-state index in [2.05, 4.69) is 23.1 Å². The molecule has 2 atom stereocenters. The van der Waals surface area contributed by atoms with Crippen LogP contribution in [-0.2, 0) is 4.79 Å². The summed E-state index contributed by atoms with van der Waals surface area (Å²) in [7, 11) is 0. The van der Waals surface area contributed by atoms with E-state index in [0.717, 1.165) is 19.4 Å². The summed E-state index contributed by atoms with van der Waals surface area (Å²) in [5.74, 6) is 0.477. The van der Waals surface area contributed by atoms with Gasteiger partial charge < -0.3 is 0 Å². The molecule has 0 aromatic carbocycles. The van der Waals surface area contributed by atoms with E-state index in [0.29, 0.717) is 17.9 Å². The molecule has 0 N–H and O–H groups in total. The standard InChI is InChI=1S/C13H17NO/c15-13-7-11-6-12(8-13)14(11)9-10-4-2-1-3-5-10/h1-2,4,11-12H,3,5-9H2. The number of hydrogen-bond donors (Lipinski definition) is 0. The lowest BCUT2D eigenvalue weighted by Gasteiger charge is -2.52. The van der Waals surface area contributed by atoms with Gasteiger partial charge in [-0.2, -0.15) is 0 Å². The second-order valence-electron chi connectivity index (χ2n) is 4.95. The fraction of sp³-hybridized carbons (Fsp3) is 0.615. The highest BCUT2D eigenvalue weighted by Gasteiger charge is 2.44. The molecular formula is C13H17NO. The van der Waals surface area contributed by atoms with E-state index in [1.807, 2.05) is 0 Å². The van der Waals surface area contributed by atoms with Gasteiger partial charge in [0.25, 0.3) is 0 Å². The van der Waals surface area contributed by atoms with Gasteiger partial charge in [-0.1, -0.05) is 23.8 Å². The third-order valence-corrected chi connectivity index (χ3v) is 3.89. The van der Waals surface area contributed by atoms with E-state index < -0.39 is 0 Å². The molecule has 1 saturated carbocycles. The Morgan fingerprint density at radius 3 is 2.80 bits per heavy atom. The molecule has 2 saturated heterocycles. The van der Waals surface area contributed by atoms with Crippen molar-refractivity contribution < 1.29 is 4.79 Å². The van der Waals surface area contributed by atoms with Gasteiger partial charge in [-0.15, -0.1) is 0 Å². The normalized spacial score (nSPS) is 34.9. The lowest BCUT2D eigenvalue weighted by molar-refractivity contribution is -0.133. The molecule has 0 spiro atoms. The number of piperidine rings is 1. The molecule has 0 radical (unpaired) electrons. The summed E-state index contributed by atoms with van der Waals surface area (Å²) in [5, 5.41) is 0. The Labute approximate surface area is 90.6 Å². The molecule has 2 nitrogen and oxygen atoms in total. The molecule has 0 amide bonds. The molecule has 2 heterocycles. The summed E-state index contributed by atoms with van der Waals surface area (Å²) in [4.78, 5) is 13.8. The average Bonchev–Trinajstić information content (AvgIpc) is 2.27. The number of ketones is 1. The maximum atomic E-state index is 11.3. The number of Topliss-reactive ketones (excluding diaryl/α,β-unsaturated/α-hetero) is 1. The number of carbonyl (C=O) groups excluding carboxylic acids is 1. The van der Waals surface area contributed by atoms with Crippen LogP contribution in [0.4, 0.5) is 0 Å². The van der Waals surface area contributed by atoms with Crippen molar-refractivity contribution in [1.82, 2.24) is 4.90 Å². The lowest BCUT2D eigenvalue weighted by atomic mass is 9.78. The zero-order valence-electron chi connectivity index (χ0n) is 8.98. The molecule has 2 bridgehead atoms. The van der Waals surface area contributed by atoms with Gasteiger partial charge >= 0.3 is 0 Å². The number of allylic oxidation sites excluding steroid dienone is 3. The number of carbonyl (C=O) groups is 1. The second-order valence-corrected chi connectivity index (χ2v) is 4.95. The fourth-order valence-corrected chi connectivity index (χ4v) is 3.03. The Morgan fingerprint density at radius 1 is 1.33 bits per heavy atom. The summed E-state index contributed by atoms with van der Waals surface area (Å²) in [6, 6.07) is 1.14. The smallest absolute Gasteiger partial charge is 0.136 e. The van der Waals surface area contributed by atoms with Crippen molar-refractivity contribution in [2.24, 2.45) is 0 Å². The second kappa shape index (κ2) is 3.60. The Balaban J connectivity index is 1.63. The number of fused-ring (bicyclic) bond motifs is 2. The van der Waals surface area contributed by atoms with Crippen LogP contribution < -0.4 is 0 Å². The summed E-state index contributed by atoms with van der Waals surface area (Å²) < 4.78 is 0. The number of rotatable bonds is 2. The zero-order chi connectivity index (χ0) is 10.3. The van der Waals surface area contributed by atoms with Crippen molar-refractivity contribution in [1.29, 1.82) is 0 Å². The van der Waals surface area contributed by atoms with Crippen LogP contribution in [0.3, 0.4) is 0 Å². The van der Waals surface area contributed by atoms with Gasteiger partial charge in [0.1, 0.15) is 5.78 Å². The first-order chi connectivity index (χ1) is 7.33. The molecular weight excluding hydrogens is 186 g/mol. The van der Waals surface area contributed by atoms with E-state index >= 15 is 0 Å². The van der Waals surface area contributed by atoms with E-state index in [1.54, 1.807) is 5.57 Å². The molecule has 15 heavy (non-hydrogen) atoms. The molecule has 0 aromatic rings. The first-order valence-corrected chi connectivity index (χ1v) is 5.95. The first kappa shape index (κ1) is 9.34. The van der Waals surface area contributed by atoms with Crippen molar-refractivity contribution in [3.8, 4) is 0 Å². The molecule has 0 aromatic heterocycles. The van der Waals surface area contributed by atoms with Gasteiger partial charge in [0.05, 0.1) is 0 Å². The van der Waals surface area contributed by atoms with Crippen LogP contribution in [-0.4, -0.2) is 29.3 Å². The van der Waals surface area contributed by atoms with Gasteiger partial charge in [0.15, 0.2) is 0 Å². The topological polar surface area (TPSA) is 20.3 Å². The Morgan fingerprint density at radius 2 is 2.13 bits per heavy atom. The summed E-state index contributed by atoms with van der Waals surface area (Å²) >= 11 is 0. The van der Waals surface area contributed by atoms with Crippen molar-refractivity contribution in [2.75, 3.05) is 6.54 Å². The zero-order valence-corrected chi connectivity index (χ0v) is 8.98. The minimum Gasteiger partial charge on any atom is -0.300 e. The van der Waals surface area contributed by atoms with Gasteiger partial charge in [0, 0.05) is 31.5 Å². The van der Waals surface area contributed by atoms with Crippen LogP contribution in [0.1, 0.15) is 32.1 Å². The summed E-state index contributed by atoms with van der Waals surface area (Å²) in [6.45, 7) is 1.10. The van der Waals surface area contributed by atoms with Gasteiger partial charge in [0.2, 0.25) is 0 Å². The first-order valence-electron chi connectivity index (χ1n) is 5.95. The molecule has 4 rings (SSSR count). The third kappa shape index (κ3) is 1.67. The number of hydrogen-bond acceptors (Lipinski definition) is 2. The molecule has 80 valence electrons. The highest BCUT2D eigenvalue weighted by atomic mass is 16.1. The van der Waals surface area contributed by atoms with Gasteiger partial charge in [-0.05, 0) is 19.3 Å². The van der Waals surface area contributed by atoms with Crippen LogP contribution >= 0.6 is 0 Å². The van der Waals surface area contributed by atoms with Crippen molar-refractivity contribution in [3.05, 3.63) is 23.8 Å². The SMILES string of the molecule is O=C1CC2CC(C1)N2CC1=CC=CCC1. The summed E-state index contributed by atoms with van der Waals surface area (Å²) in [5.41, 5.74) is 1.54.